The van der Waals surface area contributed by atoms with Crippen molar-refractivity contribution in [3.8, 4) is 23.6 Å². The molecule has 2 aromatic rings. The average molecular weight is 228 g/mol. The number of aryl methyl sites for hydroxylation is 1. The molecule has 1 N–H and O–H groups in total. The van der Waals surface area contributed by atoms with E-state index in [1.54, 1.807) is 11.3 Å². The Morgan fingerprint density at radius 2 is 2.38 bits per heavy atom. The Balaban J connectivity index is 2.26. The molecule has 3 heteroatoms. The van der Waals surface area contributed by atoms with Crippen LogP contribution in [0.2, 0.25) is 0 Å². The van der Waals surface area contributed by atoms with Crippen LogP contribution in [-0.4, -0.2) is 11.5 Å². The first-order valence-corrected chi connectivity index (χ1v) is 5.87. The molecule has 0 atom stereocenters. The maximum absolute atomic E-state index is 5.21. The van der Waals surface area contributed by atoms with Crippen molar-refractivity contribution in [3.63, 3.8) is 0 Å². The summed E-state index contributed by atoms with van der Waals surface area (Å²) in [7, 11) is 0. The molecule has 0 unspecified atom stereocenters. The highest BCUT2D eigenvalue weighted by Gasteiger charge is 2.02. The van der Waals surface area contributed by atoms with Crippen molar-refractivity contribution >= 4 is 17.0 Å². The lowest BCUT2D eigenvalue weighted by molar-refractivity contribution is 1.29. The Labute approximate surface area is 99.4 Å². The molecular formula is C13H12N2S. The SMILES string of the molecule is C#CCNc1cccc(-c2csc(C)n2)c1. The lowest BCUT2D eigenvalue weighted by atomic mass is 10.1. The first-order valence-electron chi connectivity index (χ1n) is 4.99. The number of benzene rings is 1. The van der Waals surface area contributed by atoms with Gasteiger partial charge in [0.2, 0.25) is 0 Å². The molecule has 0 spiro atoms. The summed E-state index contributed by atoms with van der Waals surface area (Å²) in [5.74, 6) is 2.55. The van der Waals surface area contributed by atoms with Gasteiger partial charge in [0, 0.05) is 16.6 Å². The highest BCUT2D eigenvalue weighted by Crippen LogP contribution is 2.23. The molecule has 2 nitrogen and oxygen atoms in total. The Bertz CT molecular complexity index is 523. The minimum atomic E-state index is 0.541. The number of nitrogens with zero attached hydrogens (tertiary/aromatic N) is 1. The minimum Gasteiger partial charge on any atom is -0.374 e. The Kier molecular flexibility index (Phi) is 3.23. The fourth-order valence-electron chi connectivity index (χ4n) is 1.44. The summed E-state index contributed by atoms with van der Waals surface area (Å²) in [5.41, 5.74) is 3.17. The van der Waals surface area contributed by atoms with Gasteiger partial charge < -0.3 is 5.32 Å². The highest BCUT2D eigenvalue weighted by atomic mass is 32.1. The van der Waals surface area contributed by atoms with Crippen molar-refractivity contribution in [2.75, 3.05) is 11.9 Å². The zero-order chi connectivity index (χ0) is 11.4. The maximum Gasteiger partial charge on any atom is 0.0901 e. The summed E-state index contributed by atoms with van der Waals surface area (Å²) in [4.78, 5) is 4.45. The molecule has 0 amide bonds. The molecule has 0 radical (unpaired) electrons. The molecule has 0 aliphatic rings. The lowest BCUT2D eigenvalue weighted by Gasteiger charge is -2.03. The smallest absolute Gasteiger partial charge is 0.0901 e. The molecule has 1 aromatic heterocycles. The van der Waals surface area contributed by atoms with Crippen LogP contribution in [0.1, 0.15) is 5.01 Å². The summed E-state index contributed by atoms with van der Waals surface area (Å²) in [6.45, 7) is 2.55. The number of anilines is 1. The van der Waals surface area contributed by atoms with Crippen molar-refractivity contribution in [2.24, 2.45) is 0 Å². The molecule has 2 rings (SSSR count). The van der Waals surface area contributed by atoms with E-state index in [4.69, 9.17) is 6.42 Å². The van der Waals surface area contributed by atoms with Crippen molar-refractivity contribution < 1.29 is 0 Å². The van der Waals surface area contributed by atoms with Crippen LogP contribution in [0.3, 0.4) is 0 Å². The van der Waals surface area contributed by atoms with Gasteiger partial charge in [0.1, 0.15) is 0 Å². The number of aromatic nitrogens is 1. The normalized spacial score (nSPS) is 9.75. The van der Waals surface area contributed by atoms with Gasteiger partial charge in [-0.15, -0.1) is 17.8 Å². The first-order chi connectivity index (χ1) is 7.79. The predicted molar refractivity (Wildman–Crippen MR) is 69.6 cm³/mol. The summed E-state index contributed by atoms with van der Waals surface area (Å²) in [5, 5.41) is 6.30. The van der Waals surface area contributed by atoms with Gasteiger partial charge in [-0.25, -0.2) is 4.98 Å². The van der Waals surface area contributed by atoms with E-state index in [1.165, 1.54) is 0 Å². The largest absolute Gasteiger partial charge is 0.374 e. The molecule has 0 aliphatic heterocycles. The van der Waals surface area contributed by atoms with Crippen molar-refractivity contribution in [2.45, 2.75) is 6.92 Å². The van der Waals surface area contributed by atoms with Gasteiger partial charge in [-0.2, -0.15) is 0 Å². The van der Waals surface area contributed by atoms with E-state index in [2.05, 4.69) is 33.7 Å². The van der Waals surface area contributed by atoms with Crippen LogP contribution >= 0.6 is 11.3 Å². The van der Waals surface area contributed by atoms with Crippen molar-refractivity contribution in [3.05, 3.63) is 34.7 Å². The van der Waals surface area contributed by atoms with E-state index < -0.39 is 0 Å². The number of thiazole rings is 1. The van der Waals surface area contributed by atoms with Crippen LogP contribution in [0.15, 0.2) is 29.6 Å². The molecule has 1 aromatic carbocycles. The summed E-state index contributed by atoms with van der Waals surface area (Å²) in [6, 6.07) is 8.12. The standard InChI is InChI=1S/C13H12N2S/c1-3-7-14-12-6-4-5-11(8-12)13-9-16-10(2)15-13/h1,4-6,8-9,14H,7H2,2H3. The molecule has 0 bridgehead atoms. The van der Waals surface area contributed by atoms with E-state index in [0.717, 1.165) is 22.0 Å². The number of rotatable bonds is 3. The molecular weight excluding hydrogens is 216 g/mol. The Morgan fingerprint density at radius 1 is 1.50 bits per heavy atom. The quantitative estimate of drug-likeness (QED) is 0.816. The van der Waals surface area contributed by atoms with E-state index in [0.29, 0.717) is 6.54 Å². The molecule has 0 fully saturated rings. The first kappa shape index (κ1) is 10.7. The lowest BCUT2D eigenvalue weighted by Crippen LogP contribution is -1.97. The van der Waals surface area contributed by atoms with E-state index in [-0.39, 0.29) is 0 Å². The van der Waals surface area contributed by atoms with Gasteiger partial charge in [-0.3, -0.25) is 0 Å². The van der Waals surface area contributed by atoms with Crippen molar-refractivity contribution in [1.82, 2.24) is 4.98 Å². The third kappa shape index (κ3) is 2.41. The second-order valence-corrected chi connectivity index (χ2v) is 4.45. The second-order valence-electron chi connectivity index (χ2n) is 3.39. The molecule has 80 valence electrons. The molecule has 0 aliphatic carbocycles. The molecule has 0 saturated carbocycles. The molecule has 16 heavy (non-hydrogen) atoms. The Hall–Kier alpha value is -1.79. The summed E-state index contributed by atoms with van der Waals surface area (Å²) in [6.07, 6.45) is 5.21. The molecule has 0 saturated heterocycles. The molecule has 1 heterocycles. The van der Waals surface area contributed by atoms with Crippen LogP contribution in [0.4, 0.5) is 5.69 Å². The van der Waals surface area contributed by atoms with Crippen molar-refractivity contribution in [1.29, 1.82) is 0 Å². The van der Waals surface area contributed by atoms with Gasteiger partial charge in [0.05, 0.1) is 17.2 Å². The maximum atomic E-state index is 5.21. The topological polar surface area (TPSA) is 24.9 Å². The number of nitrogens with one attached hydrogen (secondary N) is 1. The van der Waals surface area contributed by atoms with Crippen LogP contribution < -0.4 is 5.32 Å². The fourth-order valence-corrected chi connectivity index (χ4v) is 2.06. The van der Waals surface area contributed by atoms with E-state index >= 15 is 0 Å². The third-order valence-corrected chi connectivity index (χ3v) is 2.95. The van der Waals surface area contributed by atoms with E-state index in [1.807, 2.05) is 19.1 Å². The van der Waals surface area contributed by atoms with Gasteiger partial charge in [0.25, 0.3) is 0 Å². The zero-order valence-corrected chi connectivity index (χ0v) is 9.84. The number of hydrogen-bond donors (Lipinski definition) is 1. The zero-order valence-electron chi connectivity index (χ0n) is 9.03. The predicted octanol–water partition coefficient (Wildman–Crippen LogP) is 3.16. The monoisotopic (exact) mass is 228 g/mol. The summed E-state index contributed by atoms with van der Waals surface area (Å²) >= 11 is 1.66. The van der Waals surface area contributed by atoms with Gasteiger partial charge in [-0.05, 0) is 19.1 Å². The summed E-state index contributed by atoms with van der Waals surface area (Å²) < 4.78 is 0. The number of terminal acetylenes is 1. The highest BCUT2D eigenvalue weighted by molar-refractivity contribution is 7.09. The van der Waals surface area contributed by atoms with Crippen LogP contribution in [0.25, 0.3) is 11.3 Å². The second kappa shape index (κ2) is 4.82. The van der Waals surface area contributed by atoms with Gasteiger partial charge in [-0.1, -0.05) is 18.1 Å². The van der Waals surface area contributed by atoms with Crippen LogP contribution in [-0.2, 0) is 0 Å². The number of hydrogen-bond acceptors (Lipinski definition) is 3. The van der Waals surface area contributed by atoms with Gasteiger partial charge in [0.15, 0.2) is 0 Å². The fraction of sp³-hybridized carbons (Fsp3) is 0.154. The average Bonchev–Trinajstić information content (AvgIpc) is 2.74. The van der Waals surface area contributed by atoms with Gasteiger partial charge >= 0.3 is 0 Å². The van der Waals surface area contributed by atoms with E-state index in [9.17, 15) is 0 Å². The Morgan fingerprint density at radius 3 is 3.06 bits per heavy atom. The third-order valence-electron chi connectivity index (χ3n) is 2.17. The minimum absolute atomic E-state index is 0.541. The van der Waals surface area contributed by atoms with Crippen LogP contribution in [0.5, 0.6) is 0 Å². The van der Waals surface area contributed by atoms with Crippen LogP contribution in [0, 0.1) is 19.3 Å².